The molecular formula is C14H21NO2S. The molecule has 0 aromatic carbocycles. The molecule has 0 aliphatic rings. The first-order chi connectivity index (χ1) is 8.67. The molecule has 0 fully saturated rings. The molecular weight excluding hydrogens is 246 g/mol. The van der Waals surface area contributed by atoms with Crippen LogP contribution in [0, 0.1) is 6.92 Å². The van der Waals surface area contributed by atoms with Crippen LogP contribution >= 0.6 is 11.3 Å². The Morgan fingerprint density at radius 3 is 2.83 bits per heavy atom. The smallest absolute Gasteiger partial charge is 0.226 e. The Balaban J connectivity index is 2.62. The number of rotatable bonds is 7. The van der Waals surface area contributed by atoms with Crippen LogP contribution in [0.3, 0.4) is 0 Å². The molecule has 0 aliphatic carbocycles. The zero-order valence-corrected chi connectivity index (χ0v) is 11.9. The molecule has 0 bridgehead atoms. The number of amides is 1. The fourth-order valence-electron chi connectivity index (χ4n) is 1.66. The molecule has 1 rings (SSSR count). The largest absolute Gasteiger partial charge is 0.396 e. The Kier molecular flexibility index (Phi) is 6.68. The Hall–Kier alpha value is -1.13. The molecule has 0 aliphatic heterocycles. The predicted molar refractivity (Wildman–Crippen MR) is 75.6 cm³/mol. The highest BCUT2D eigenvalue weighted by Crippen LogP contribution is 2.17. The number of nitrogens with zero attached hydrogens (tertiary/aromatic N) is 1. The number of thiophene rings is 1. The lowest BCUT2D eigenvalue weighted by Gasteiger charge is -2.21. The Labute approximate surface area is 113 Å². The van der Waals surface area contributed by atoms with E-state index in [0.29, 0.717) is 25.9 Å². The van der Waals surface area contributed by atoms with E-state index in [1.165, 1.54) is 9.75 Å². The molecule has 1 aromatic rings. The maximum Gasteiger partial charge on any atom is 0.226 e. The van der Waals surface area contributed by atoms with E-state index in [1.54, 1.807) is 11.3 Å². The van der Waals surface area contributed by atoms with Crippen LogP contribution in [0.25, 0.3) is 0 Å². The number of aliphatic hydroxyl groups is 1. The molecule has 0 saturated heterocycles. The monoisotopic (exact) mass is 267 g/mol. The summed E-state index contributed by atoms with van der Waals surface area (Å²) in [5.74, 6) is 0.118. The molecule has 18 heavy (non-hydrogen) atoms. The molecule has 4 heteroatoms. The fourth-order valence-corrected chi connectivity index (χ4v) is 2.57. The van der Waals surface area contributed by atoms with Crippen molar-refractivity contribution >= 4 is 17.2 Å². The standard InChI is InChI=1S/C14H21NO2S/c1-3-4-6-14(17)15(9-5-10-16)11-13-8-7-12(2)18-13/h3-4,7-8,16H,5-6,9-11H2,1-2H3. The first-order valence-electron chi connectivity index (χ1n) is 6.22. The van der Waals surface area contributed by atoms with Crippen molar-refractivity contribution in [3.05, 3.63) is 34.0 Å². The van der Waals surface area contributed by atoms with Crippen molar-refractivity contribution in [2.45, 2.75) is 33.2 Å². The maximum atomic E-state index is 12.0. The average Bonchev–Trinajstić information content (AvgIpc) is 2.77. The quantitative estimate of drug-likeness (QED) is 0.772. The Morgan fingerprint density at radius 1 is 1.50 bits per heavy atom. The minimum Gasteiger partial charge on any atom is -0.396 e. The van der Waals surface area contributed by atoms with Crippen LogP contribution in [0.2, 0.25) is 0 Å². The summed E-state index contributed by atoms with van der Waals surface area (Å²) in [5, 5.41) is 8.89. The number of carbonyl (C=O) groups is 1. The topological polar surface area (TPSA) is 40.5 Å². The van der Waals surface area contributed by atoms with Crippen molar-refractivity contribution in [2.75, 3.05) is 13.2 Å². The molecule has 0 spiro atoms. The number of hydrogen-bond donors (Lipinski definition) is 1. The van der Waals surface area contributed by atoms with Gasteiger partial charge in [0.2, 0.25) is 5.91 Å². The number of aryl methyl sites for hydroxylation is 1. The van der Waals surface area contributed by atoms with Gasteiger partial charge in [-0.1, -0.05) is 12.2 Å². The number of aliphatic hydroxyl groups excluding tert-OH is 1. The fraction of sp³-hybridized carbons (Fsp3) is 0.500. The Bertz CT molecular complexity index is 398. The summed E-state index contributed by atoms with van der Waals surface area (Å²) in [7, 11) is 0. The molecule has 1 amide bonds. The van der Waals surface area contributed by atoms with E-state index in [4.69, 9.17) is 5.11 Å². The van der Waals surface area contributed by atoms with Gasteiger partial charge in [0.05, 0.1) is 6.54 Å². The van der Waals surface area contributed by atoms with Gasteiger partial charge in [-0.15, -0.1) is 11.3 Å². The lowest BCUT2D eigenvalue weighted by molar-refractivity contribution is -0.131. The van der Waals surface area contributed by atoms with E-state index in [9.17, 15) is 4.79 Å². The molecule has 0 atom stereocenters. The minimum atomic E-state index is 0.118. The highest BCUT2D eigenvalue weighted by molar-refractivity contribution is 7.11. The van der Waals surface area contributed by atoms with Gasteiger partial charge in [-0.05, 0) is 32.4 Å². The number of carbonyl (C=O) groups excluding carboxylic acids is 1. The summed E-state index contributed by atoms with van der Waals surface area (Å²) < 4.78 is 0. The van der Waals surface area contributed by atoms with E-state index in [0.717, 1.165) is 0 Å². The van der Waals surface area contributed by atoms with Gasteiger partial charge in [0.15, 0.2) is 0 Å². The van der Waals surface area contributed by atoms with E-state index < -0.39 is 0 Å². The molecule has 100 valence electrons. The van der Waals surface area contributed by atoms with Gasteiger partial charge in [0.1, 0.15) is 0 Å². The van der Waals surface area contributed by atoms with Crippen LogP contribution in [0.5, 0.6) is 0 Å². The van der Waals surface area contributed by atoms with E-state index in [1.807, 2.05) is 24.0 Å². The molecule has 0 radical (unpaired) electrons. The van der Waals surface area contributed by atoms with Gasteiger partial charge in [0, 0.05) is 29.3 Å². The zero-order chi connectivity index (χ0) is 13.4. The van der Waals surface area contributed by atoms with E-state index >= 15 is 0 Å². The molecule has 3 nitrogen and oxygen atoms in total. The third-order valence-electron chi connectivity index (χ3n) is 2.61. The second-order valence-electron chi connectivity index (χ2n) is 4.18. The van der Waals surface area contributed by atoms with Crippen LogP contribution in [-0.4, -0.2) is 29.1 Å². The minimum absolute atomic E-state index is 0.118. The van der Waals surface area contributed by atoms with Gasteiger partial charge in [-0.2, -0.15) is 0 Å². The maximum absolute atomic E-state index is 12.0. The summed E-state index contributed by atoms with van der Waals surface area (Å²) in [6.45, 7) is 5.36. The predicted octanol–water partition coefficient (Wildman–Crippen LogP) is 2.73. The summed E-state index contributed by atoms with van der Waals surface area (Å²) in [4.78, 5) is 16.3. The zero-order valence-electron chi connectivity index (χ0n) is 11.1. The van der Waals surface area contributed by atoms with Crippen LogP contribution in [0.1, 0.15) is 29.5 Å². The van der Waals surface area contributed by atoms with Gasteiger partial charge < -0.3 is 10.0 Å². The van der Waals surface area contributed by atoms with Crippen molar-refractivity contribution in [3.63, 3.8) is 0 Å². The summed E-state index contributed by atoms with van der Waals surface area (Å²) in [5.41, 5.74) is 0. The SMILES string of the molecule is CC=CCC(=O)N(CCCO)Cc1ccc(C)s1. The van der Waals surface area contributed by atoms with Crippen molar-refractivity contribution in [1.82, 2.24) is 4.90 Å². The van der Waals surface area contributed by atoms with Crippen molar-refractivity contribution in [3.8, 4) is 0 Å². The summed E-state index contributed by atoms with van der Waals surface area (Å²) in [6.07, 6.45) is 4.82. The second kappa shape index (κ2) is 8.06. The first kappa shape index (κ1) is 14.9. The normalized spacial score (nSPS) is 11.1. The molecule has 1 N–H and O–H groups in total. The molecule has 0 saturated carbocycles. The van der Waals surface area contributed by atoms with Crippen molar-refractivity contribution < 1.29 is 9.90 Å². The molecule has 1 aromatic heterocycles. The van der Waals surface area contributed by atoms with Crippen LogP contribution in [0.15, 0.2) is 24.3 Å². The number of allylic oxidation sites excluding steroid dienone is 1. The highest BCUT2D eigenvalue weighted by atomic mass is 32.1. The third-order valence-corrected chi connectivity index (χ3v) is 3.60. The van der Waals surface area contributed by atoms with Gasteiger partial charge >= 0.3 is 0 Å². The first-order valence-corrected chi connectivity index (χ1v) is 7.04. The second-order valence-corrected chi connectivity index (χ2v) is 5.55. The average molecular weight is 267 g/mol. The third kappa shape index (κ3) is 5.02. The van der Waals surface area contributed by atoms with Crippen LogP contribution in [-0.2, 0) is 11.3 Å². The molecule has 0 unspecified atom stereocenters. The lowest BCUT2D eigenvalue weighted by atomic mass is 10.3. The summed E-state index contributed by atoms with van der Waals surface area (Å²) in [6, 6.07) is 4.13. The van der Waals surface area contributed by atoms with Crippen LogP contribution in [0.4, 0.5) is 0 Å². The van der Waals surface area contributed by atoms with Crippen molar-refractivity contribution in [1.29, 1.82) is 0 Å². The highest BCUT2D eigenvalue weighted by Gasteiger charge is 2.13. The molecule has 1 heterocycles. The van der Waals surface area contributed by atoms with Gasteiger partial charge in [0.25, 0.3) is 0 Å². The van der Waals surface area contributed by atoms with E-state index in [-0.39, 0.29) is 12.5 Å². The number of hydrogen-bond acceptors (Lipinski definition) is 3. The van der Waals surface area contributed by atoms with Crippen molar-refractivity contribution in [2.24, 2.45) is 0 Å². The van der Waals surface area contributed by atoms with E-state index in [2.05, 4.69) is 19.1 Å². The van der Waals surface area contributed by atoms with Gasteiger partial charge in [-0.3, -0.25) is 4.79 Å². The lowest BCUT2D eigenvalue weighted by Crippen LogP contribution is -2.31. The summed E-state index contributed by atoms with van der Waals surface area (Å²) >= 11 is 1.72. The van der Waals surface area contributed by atoms with Gasteiger partial charge in [-0.25, -0.2) is 0 Å². The van der Waals surface area contributed by atoms with Crippen LogP contribution < -0.4 is 0 Å². The Morgan fingerprint density at radius 2 is 2.28 bits per heavy atom.